The number of nitriles is 1. The van der Waals surface area contributed by atoms with Gasteiger partial charge in [0.15, 0.2) is 0 Å². The first-order valence-electron chi connectivity index (χ1n) is 24.9. The fourth-order valence-electron chi connectivity index (χ4n) is 10.5. The number of benzene rings is 8. The van der Waals surface area contributed by atoms with E-state index in [1.165, 1.54) is 32.3 Å². The Hall–Kier alpha value is -7.38. The highest BCUT2D eigenvalue weighted by Gasteiger charge is 2.45. The Kier molecular flexibility index (Phi) is 14.6. The second-order valence-corrected chi connectivity index (χ2v) is 20.3. The Morgan fingerprint density at radius 3 is 1.88 bits per heavy atom. The van der Waals surface area contributed by atoms with Gasteiger partial charge in [-0.1, -0.05) is 127 Å². The van der Waals surface area contributed by atoms with Crippen molar-refractivity contribution in [3.8, 4) is 29.4 Å². The molecular weight excluding hydrogens is 948 g/mol. The summed E-state index contributed by atoms with van der Waals surface area (Å²) in [7, 11) is 1.50. The first-order valence-corrected chi connectivity index (χ1v) is 26.0. The van der Waals surface area contributed by atoms with Gasteiger partial charge < -0.3 is 28.0 Å². The van der Waals surface area contributed by atoms with Crippen molar-refractivity contribution in [3.05, 3.63) is 200 Å². The molecule has 4 atom stereocenters. The molecule has 2 heterocycles. The van der Waals surface area contributed by atoms with Gasteiger partial charge >= 0.3 is 5.69 Å². The molecule has 0 saturated carbocycles. The van der Waals surface area contributed by atoms with Gasteiger partial charge in [-0.2, -0.15) is 5.26 Å². The number of aromatic amines is 1. The van der Waals surface area contributed by atoms with Crippen molar-refractivity contribution >= 4 is 51.6 Å². The van der Waals surface area contributed by atoms with Crippen molar-refractivity contribution in [3.63, 3.8) is 0 Å². The number of nitrogens with zero attached hydrogens (tertiary/aromatic N) is 3. The van der Waals surface area contributed by atoms with E-state index in [0.29, 0.717) is 11.5 Å². The van der Waals surface area contributed by atoms with Crippen LogP contribution in [-0.2, 0) is 24.1 Å². The average Bonchev–Trinajstić information content (AvgIpc) is 3.83. The molecule has 374 valence electrons. The molecule has 13 heteroatoms. The summed E-state index contributed by atoms with van der Waals surface area (Å²) in [5.74, 6) is 7.81. The number of hydrogen-bond donors (Lipinski definition) is 1. The zero-order valence-corrected chi connectivity index (χ0v) is 43.1. The largest absolute Gasteiger partial charge is 0.497 e. The maximum Gasteiger partial charge on any atom is 0.330 e. The molecule has 0 radical (unpaired) electrons. The van der Waals surface area contributed by atoms with E-state index in [4.69, 9.17) is 28.0 Å². The van der Waals surface area contributed by atoms with Gasteiger partial charge in [0.25, 0.3) is 14.1 Å². The molecule has 8 aromatic carbocycles. The van der Waals surface area contributed by atoms with Gasteiger partial charge in [-0.15, -0.1) is 0 Å². The van der Waals surface area contributed by atoms with E-state index in [1.807, 2.05) is 91.0 Å². The third kappa shape index (κ3) is 9.54. The second-order valence-electron chi connectivity index (χ2n) is 18.9. The van der Waals surface area contributed by atoms with Crippen LogP contribution in [0.25, 0.3) is 43.1 Å². The Morgan fingerprint density at radius 2 is 1.27 bits per heavy atom. The van der Waals surface area contributed by atoms with E-state index in [2.05, 4.69) is 110 Å². The van der Waals surface area contributed by atoms with Crippen molar-refractivity contribution in [2.45, 2.75) is 76.7 Å². The summed E-state index contributed by atoms with van der Waals surface area (Å²) in [6.45, 7) is 8.44. The molecule has 1 unspecified atom stereocenters. The van der Waals surface area contributed by atoms with E-state index in [9.17, 15) is 14.9 Å². The smallest absolute Gasteiger partial charge is 0.330 e. The highest BCUT2D eigenvalue weighted by molar-refractivity contribution is 7.44. The highest BCUT2D eigenvalue weighted by atomic mass is 31.2. The lowest BCUT2D eigenvalue weighted by atomic mass is 9.80. The van der Waals surface area contributed by atoms with Crippen molar-refractivity contribution < 1.29 is 28.0 Å². The molecule has 1 aliphatic heterocycles. The second kappa shape index (κ2) is 21.6. The molecule has 1 aromatic heterocycles. The number of hydrogen-bond acceptors (Lipinski definition) is 10. The van der Waals surface area contributed by atoms with E-state index in [-0.39, 0.29) is 43.7 Å². The fourth-order valence-corrected chi connectivity index (χ4v) is 12.3. The van der Waals surface area contributed by atoms with Crippen molar-refractivity contribution in [1.29, 1.82) is 5.26 Å². The van der Waals surface area contributed by atoms with Crippen LogP contribution in [0.2, 0.25) is 0 Å². The van der Waals surface area contributed by atoms with E-state index in [0.717, 1.165) is 43.8 Å². The van der Waals surface area contributed by atoms with Crippen molar-refractivity contribution in [2.24, 2.45) is 0 Å². The van der Waals surface area contributed by atoms with Crippen LogP contribution in [-0.4, -0.2) is 65.9 Å². The predicted octanol–water partition coefficient (Wildman–Crippen LogP) is 12.0. The van der Waals surface area contributed by atoms with Gasteiger partial charge in [-0.25, -0.2) is 9.46 Å². The maximum absolute atomic E-state index is 14.0. The third-order valence-corrected chi connectivity index (χ3v) is 16.0. The number of fused-ring (bicyclic) bond motifs is 2. The lowest BCUT2D eigenvalue weighted by Crippen LogP contribution is -2.39. The van der Waals surface area contributed by atoms with Crippen LogP contribution in [0.1, 0.15) is 74.6 Å². The Bertz CT molecular complexity index is 3570. The summed E-state index contributed by atoms with van der Waals surface area (Å²) in [6.07, 6.45) is -0.567. The summed E-state index contributed by atoms with van der Waals surface area (Å²) >= 11 is 0. The highest BCUT2D eigenvalue weighted by Crippen LogP contribution is 2.51. The van der Waals surface area contributed by atoms with Gasteiger partial charge in [0.1, 0.15) is 35.0 Å². The Balaban J connectivity index is 1.05. The topological polar surface area (TPSA) is 137 Å². The van der Waals surface area contributed by atoms with Gasteiger partial charge in [-0.05, 0) is 118 Å². The summed E-state index contributed by atoms with van der Waals surface area (Å²) in [6, 6.07) is 50.9. The third-order valence-electron chi connectivity index (χ3n) is 13.8. The first-order chi connectivity index (χ1) is 36.0. The molecule has 9 aromatic rings. The minimum Gasteiger partial charge on any atom is -0.497 e. The fraction of sp³-hybridized carbons (Fsp3) is 0.262. The van der Waals surface area contributed by atoms with Crippen LogP contribution in [0, 0.1) is 23.2 Å². The van der Waals surface area contributed by atoms with Crippen molar-refractivity contribution in [2.75, 3.05) is 27.4 Å². The molecule has 74 heavy (non-hydrogen) atoms. The summed E-state index contributed by atoms with van der Waals surface area (Å²) in [4.78, 5) is 30.2. The maximum atomic E-state index is 14.0. The van der Waals surface area contributed by atoms with Gasteiger partial charge in [0.05, 0.1) is 46.0 Å². The lowest BCUT2D eigenvalue weighted by molar-refractivity contribution is -0.0925. The van der Waals surface area contributed by atoms with Crippen LogP contribution >= 0.6 is 8.53 Å². The molecule has 12 nitrogen and oxygen atoms in total. The average molecular weight is 1010 g/mol. The SMILES string of the molecule is COc1ccc(C(OC[C@H]2O[C@@H](n3cc(C#Cc4ccc5c6cccc7cccc(c8cccc4c85)c76)c(=O)[nH]c3=O)C[C@@H]2OP(OCCC#N)N(C(C)C)C(C)C)(c2ccccc2)c2ccc(OC)cc2)cc1. The molecule has 0 bridgehead atoms. The summed E-state index contributed by atoms with van der Waals surface area (Å²) in [5.41, 5.74) is 0.881. The monoisotopic (exact) mass is 1000 g/mol. The van der Waals surface area contributed by atoms with Crippen LogP contribution in [0.4, 0.5) is 0 Å². The number of H-pyrrole nitrogens is 1. The minimum atomic E-state index is -1.76. The van der Waals surface area contributed by atoms with Crippen LogP contribution in [0.3, 0.4) is 0 Å². The molecule has 10 rings (SSSR count). The molecular formula is C61H57N4O8P. The predicted molar refractivity (Wildman–Crippen MR) is 292 cm³/mol. The summed E-state index contributed by atoms with van der Waals surface area (Å²) in [5, 5.41) is 18.6. The van der Waals surface area contributed by atoms with Crippen LogP contribution in [0.5, 0.6) is 11.5 Å². The van der Waals surface area contributed by atoms with E-state index in [1.54, 1.807) is 14.2 Å². The Morgan fingerprint density at radius 1 is 0.703 bits per heavy atom. The van der Waals surface area contributed by atoms with Crippen LogP contribution in [0.15, 0.2) is 161 Å². The zero-order valence-electron chi connectivity index (χ0n) is 42.2. The number of nitrogens with one attached hydrogen (secondary N) is 1. The summed E-state index contributed by atoms with van der Waals surface area (Å²) < 4.78 is 42.5. The molecule has 0 amide bonds. The molecule has 1 N–H and O–H groups in total. The quantitative estimate of drug-likeness (QED) is 0.0234. The zero-order chi connectivity index (χ0) is 51.5. The molecule has 1 fully saturated rings. The Labute approximate surface area is 431 Å². The molecule has 0 aliphatic carbocycles. The van der Waals surface area contributed by atoms with E-state index >= 15 is 0 Å². The van der Waals surface area contributed by atoms with Gasteiger partial charge in [0.2, 0.25) is 0 Å². The molecule has 1 saturated heterocycles. The number of rotatable bonds is 17. The minimum absolute atomic E-state index is 0.0164. The van der Waals surface area contributed by atoms with Crippen molar-refractivity contribution in [1.82, 2.24) is 14.2 Å². The van der Waals surface area contributed by atoms with Gasteiger partial charge in [0, 0.05) is 30.3 Å². The molecule has 0 spiro atoms. The normalized spacial score (nSPS) is 16.4. The van der Waals surface area contributed by atoms with Gasteiger partial charge in [-0.3, -0.25) is 14.3 Å². The van der Waals surface area contributed by atoms with Crippen LogP contribution < -0.4 is 20.7 Å². The number of methoxy groups -OCH3 is 2. The lowest BCUT2D eigenvalue weighted by Gasteiger charge is -2.39. The standard InChI is InChI=1S/C61H57N4O8P/c1-39(2)65(40(3)4)74(71-35-13-34-62)73-54-36-56(72-55(54)38-70-61(44-16-8-7-9-17-44,45-25-29-47(68-5)30-26-45)46-27-31-48(69-6)32-28-46)64-37-43(59(66)63-60(64)67)23-22-41-24-33-53-51-20-11-15-42-14-10-19-50(57(42)51)52-21-12-18-49(41)58(52)53/h7-12,14-21,24-33,37,39-40,54-56H,13,35-36,38H2,1-6H3,(H,63,66,67)/t54-,55+,56+,74?/m0/s1. The number of ether oxygens (including phenoxy) is 4. The molecule has 1 aliphatic rings. The number of aromatic nitrogens is 2. The van der Waals surface area contributed by atoms with E-state index < -0.39 is 43.8 Å². The first kappa shape index (κ1) is 50.2.